The molecule has 0 aliphatic carbocycles. The van der Waals surface area contributed by atoms with E-state index in [1.165, 1.54) is 0 Å². The zero-order chi connectivity index (χ0) is 20.1. The van der Waals surface area contributed by atoms with Gasteiger partial charge < -0.3 is 18.6 Å². The smallest absolute Gasteiger partial charge is 0.347 e. The minimum Gasteiger partial charge on any atom is -0.403 e. The average molecular weight is 389 g/mol. The Morgan fingerprint density at radius 2 is 1.97 bits per heavy atom. The fourth-order valence-corrected chi connectivity index (χ4v) is 3.83. The van der Waals surface area contributed by atoms with E-state index >= 15 is 0 Å². The number of aryl methyl sites for hydroxylation is 1. The standard InChI is InChI=1S/C22H23N5O2/c1-14-4-6-19-23-18(13-27(19)11-14)17-10-16-5-7-20(24-21(16)29-22(17)28)26-9-8-25(3)15(2)12-26/h4-7,10-11,13,15H,8-9,12H2,1-3H3/t15-/m1/s1. The van der Waals surface area contributed by atoms with Gasteiger partial charge in [0, 0.05) is 43.5 Å². The van der Waals surface area contributed by atoms with Gasteiger partial charge in [0.2, 0.25) is 5.71 Å². The largest absolute Gasteiger partial charge is 0.403 e. The van der Waals surface area contributed by atoms with Crippen molar-refractivity contribution in [3.63, 3.8) is 0 Å². The Balaban J connectivity index is 1.53. The monoisotopic (exact) mass is 389 g/mol. The fraction of sp³-hybridized carbons (Fsp3) is 0.318. The Hall–Kier alpha value is -3.19. The van der Waals surface area contributed by atoms with Crippen molar-refractivity contribution in [3.05, 3.63) is 58.7 Å². The van der Waals surface area contributed by atoms with Crippen molar-refractivity contribution in [2.45, 2.75) is 19.9 Å². The van der Waals surface area contributed by atoms with Gasteiger partial charge in [-0.3, -0.25) is 0 Å². The van der Waals surface area contributed by atoms with Crippen LogP contribution in [0.4, 0.5) is 5.82 Å². The summed E-state index contributed by atoms with van der Waals surface area (Å²) < 4.78 is 7.51. The second-order valence-corrected chi connectivity index (χ2v) is 7.89. The average Bonchev–Trinajstić information content (AvgIpc) is 3.12. The summed E-state index contributed by atoms with van der Waals surface area (Å²) in [5, 5.41) is 0.791. The highest BCUT2D eigenvalue weighted by Gasteiger charge is 2.22. The lowest BCUT2D eigenvalue weighted by Crippen LogP contribution is -2.50. The lowest BCUT2D eigenvalue weighted by molar-refractivity contribution is 0.233. The molecule has 0 N–H and O–H groups in total. The van der Waals surface area contributed by atoms with Crippen molar-refractivity contribution in [1.82, 2.24) is 19.3 Å². The number of hydrogen-bond donors (Lipinski definition) is 0. The van der Waals surface area contributed by atoms with Gasteiger partial charge in [0.05, 0.1) is 11.3 Å². The summed E-state index contributed by atoms with van der Waals surface area (Å²) in [6, 6.07) is 10.2. The number of aromatic nitrogens is 3. The van der Waals surface area contributed by atoms with Crippen LogP contribution in [0.3, 0.4) is 0 Å². The Morgan fingerprint density at radius 3 is 2.79 bits per heavy atom. The second-order valence-electron chi connectivity index (χ2n) is 7.89. The molecule has 1 aliphatic heterocycles. The van der Waals surface area contributed by atoms with Crippen LogP contribution in [0.25, 0.3) is 28.0 Å². The first-order chi connectivity index (χ1) is 14.0. The van der Waals surface area contributed by atoms with Crippen molar-refractivity contribution < 1.29 is 4.42 Å². The highest BCUT2D eigenvalue weighted by molar-refractivity contribution is 5.80. The summed E-state index contributed by atoms with van der Waals surface area (Å²) in [5.74, 6) is 0.844. The quantitative estimate of drug-likeness (QED) is 0.525. The first-order valence-corrected chi connectivity index (χ1v) is 9.84. The van der Waals surface area contributed by atoms with Gasteiger partial charge in [-0.05, 0) is 50.7 Å². The minimum atomic E-state index is -0.422. The number of anilines is 1. The van der Waals surface area contributed by atoms with Crippen molar-refractivity contribution in [2.24, 2.45) is 0 Å². The number of fused-ring (bicyclic) bond motifs is 2. The molecule has 29 heavy (non-hydrogen) atoms. The minimum absolute atomic E-state index is 0.363. The molecular weight excluding hydrogens is 366 g/mol. The van der Waals surface area contributed by atoms with Crippen LogP contribution in [-0.4, -0.2) is 52.0 Å². The third kappa shape index (κ3) is 3.17. The number of rotatable bonds is 2. The highest BCUT2D eigenvalue weighted by atomic mass is 16.4. The summed E-state index contributed by atoms with van der Waals surface area (Å²) in [7, 11) is 2.14. The highest BCUT2D eigenvalue weighted by Crippen LogP contribution is 2.24. The zero-order valence-corrected chi connectivity index (χ0v) is 16.8. The molecule has 0 spiro atoms. The van der Waals surface area contributed by atoms with E-state index in [2.05, 4.69) is 33.7 Å². The maximum Gasteiger partial charge on any atom is 0.347 e. The molecule has 5 rings (SSSR count). The molecule has 5 heterocycles. The Kier molecular flexibility index (Phi) is 4.13. The van der Waals surface area contributed by atoms with Gasteiger partial charge in [0.15, 0.2) is 0 Å². The molecule has 1 saturated heterocycles. The Morgan fingerprint density at radius 1 is 1.10 bits per heavy atom. The molecule has 148 valence electrons. The number of hydrogen-bond acceptors (Lipinski definition) is 6. The molecule has 0 unspecified atom stereocenters. The van der Waals surface area contributed by atoms with Gasteiger partial charge in [-0.15, -0.1) is 0 Å². The SMILES string of the molecule is Cc1ccc2nc(-c3cc4ccc(N5CCN(C)[C@H](C)C5)nc4oc3=O)cn2c1. The van der Waals surface area contributed by atoms with Crippen molar-refractivity contribution >= 4 is 22.6 Å². The van der Waals surface area contributed by atoms with E-state index in [0.29, 0.717) is 23.0 Å². The third-order valence-corrected chi connectivity index (χ3v) is 5.74. The summed E-state index contributed by atoms with van der Waals surface area (Å²) in [6.07, 6.45) is 3.84. The predicted molar refractivity (Wildman–Crippen MR) is 114 cm³/mol. The summed E-state index contributed by atoms with van der Waals surface area (Å²) in [4.78, 5) is 26.4. The normalized spacial score (nSPS) is 18.0. The maximum atomic E-state index is 12.7. The van der Waals surface area contributed by atoms with Crippen LogP contribution >= 0.6 is 0 Å². The van der Waals surface area contributed by atoms with Crippen molar-refractivity contribution in [1.29, 1.82) is 0 Å². The van der Waals surface area contributed by atoms with Crippen LogP contribution in [0.1, 0.15) is 12.5 Å². The number of piperazine rings is 1. The molecule has 0 saturated carbocycles. The molecule has 4 aromatic heterocycles. The summed E-state index contributed by atoms with van der Waals surface area (Å²) in [5.41, 5.74) is 2.91. The number of likely N-dealkylation sites (N-methyl/N-ethyl adjacent to an activating group) is 1. The fourth-order valence-electron chi connectivity index (χ4n) is 3.83. The van der Waals surface area contributed by atoms with E-state index in [9.17, 15) is 4.79 Å². The molecule has 7 heteroatoms. The molecule has 7 nitrogen and oxygen atoms in total. The van der Waals surface area contributed by atoms with Gasteiger partial charge in [-0.2, -0.15) is 4.98 Å². The first kappa shape index (κ1) is 17.9. The van der Waals surface area contributed by atoms with Gasteiger partial charge in [0.1, 0.15) is 11.5 Å². The number of imidazole rings is 1. The van der Waals surface area contributed by atoms with Gasteiger partial charge in [-0.25, -0.2) is 9.78 Å². The van der Waals surface area contributed by atoms with E-state index in [1.807, 2.05) is 54.0 Å². The molecular formula is C22H23N5O2. The van der Waals surface area contributed by atoms with Crippen LogP contribution in [0, 0.1) is 6.92 Å². The van der Waals surface area contributed by atoms with E-state index < -0.39 is 5.63 Å². The van der Waals surface area contributed by atoms with Crippen molar-refractivity contribution in [2.75, 3.05) is 31.6 Å². The Bertz CT molecular complexity index is 1280. The molecule has 0 amide bonds. The molecule has 0 radical (unpaired) electrons. The molecule has 0 aromatic carbocycles. The van der Waals surface area contributed by atoms with Crippen LogP contribution in [-0.2, 0) is 0 Å². The van der Waals surface area contributed by atoms with Crippen LogP contribution in [0.15, 0.2) is 51.9 Å². The summed E-state index contributed by atoms with van der Waals surface area (Å²) in [6.45, 7) is 7.02. The van der Waals surface area contributed by atoms with E-state index in [-0.39, 0.29) is 0 Å². The topological polar surface area (TPSA) is 66.9 Å². The zero-order valence-electron chi connectivity index (χ0n) is 16.8. The van der Waals surface area contributed by atoms with E-state index in [0.717, 1.165) is 42.0 Å². The number of pyridine rings is 2. The molecule has 4 aromatic rings. The molecule has 0 bridgehead atoms. The number of nitrogens with zero attached hydrogens (tertiary/aromatic N) is 5. The Labute approximate surface area is 168 Å². The van der Waals surface area contributed by atoms with Crippen LogP contribution in [0.5, 0.6) is 0 Å². The van der Waals surface area contributed by atoms with Gasteiger partial charge >= 0.3 is 5.63 Å². The molecule has 1 atom stereocenters. The molecule has 1 fully saturated rings. The predicted octanol–water partition coefficient (Wildman–Crippen LogP) is 2.95. The van der Waals surface area contributed by atoms with E-state index in [1.54, 1.807) is 0 Å². The van der Waals surface area contributed by atoms with E-state index in [4.69, 9.17) is 4.42 Å². The lowest BCUT2D eigenvalue weighted by atomic mass is 10.1. The van der Waals surface area contributed by atoms with Crippen molar-refractivity contribution in [3.8, 4) is 11.3 Å². The van der Waals surface area contributed by atoms with Crippen LogP contribution < -0.4 is 10.5 Å². The van der Waals surface area contributed by atoms with Gasteiger partial charge in [-0.1, -0.05) is 6.07 Å². The lowest BCUT2D eigenvalue weighted by Gasteiger charge is -2.38. The molecule has 1 aliphatic rings. The summed E-state index contributed by atoms with van der Waals surface area (Å²) >= 11 is 0. The van der Waals surface area contributed by atoms with Gasteiger partial charge in [0.25, 0.3) is 0 Å². The first-order valence-electron chi connectivity index (χ1n) is 9.84. The second kappa shape index (κ2) is 6.70. The van der Waals surface area contributed by atoms with Crippen LogP contribution in [0.2, 0.25) is 0 Å². The third-order valence-electron chi connectivity index (χ3n) is 5.74. The maximum absolute atomic E-state index is 12.7.